The van der Waals surface area contributed by atoms with E-state index in [1.165, 1.54) is 30.6 Å². The molecule has 86 valence electrons. The molecule has 0 saturated carbocycles. The van der Waals surface area contributed by atoms with Gasteiger partial charge in [0.1, 0.15) is 0 Å². The maximum atomic E-state index is 9.67. The second kappa shape index (κ2) is 9.17. The molecule has 0 aliphatic carbocycles. The molecule has 0 bridgehead atoms. The Morgan fingerprint density at radius 3 is 2.50 bits per heavy atom. The SMILES string of the molecule is CCCCCCOP(O)(=S)SCCC. The molecule has 1 N–H and O–H groups in total. The van der Waals surface area contributed by atoms with Crippen molar-refractivity contribution in [2.75, 3.05) is 12.4 Å². The Bertz CT molecular complexity index is 176. The molecule has 0 aromatic heterocycles. The Morgan fingerprint density at radius 1 is 1.21 bits per heavy atom. The van der Waals surface area contributed by atoms with E-state index in [1.807, 2.05) is 0 Å². The van der Waals surface area contributed by atoms with Crippen LogP contribution in [0.5, 0.6) is 0 Å². The monoisotopic (exact) mass is 256 g/mol. The summed E-state index contributed by atoms with van der Waals surface area (Å²) in [7, 11) is 0. The molecule has 0 saturated heterocycles. The molecule has 2 nitrogen and oxygen atoms in total. The Kier molecular flexibility index (Phi) is 9.77. The lowest BCUT2D eigenvalue weighted by molar-refractivity contribution is 0.308. The van der Waals surface area contributed by atoms with Crippen LogP contribution >= 0.6 is 17.1 Å². The zero-order valence-corrected chi connectivity index (χ0v) is 11.6. The summed E-state index contributed by atoms with van der Waals surface area (Å²) < 4.78 is 5.32. The minimum Gasteiger partial charge on any atom is -0.337 e. The Morgan fingerprint density at radius 2 is 1.93 bits per heavy atom. The highest BCUT2D eigenvalue weighted by atomic mass is 32.9. The quantitative estimate of drug-likeness (QED) is 0.500. The van der Waals surface area contributed by atoms with E-state index in [0.717, 1.165) is 18.6 Å². The van der Waals surface area contributed by atoms with Crippen molar-refractivity contribution >= 4 is 28.9 Å². The molecule has 0 aromatic rings. The first-order chi connectivity index (χ1) is 6.62. The van der Waals surface area contributed by atoms with Gasteiger partial charge in [-0.3, -0.25) is 0 Å². The van der Waals surface area contributed by atoms with Gasteiger partial charge in [-0.15, -0.1) is 0 Å². The van der Waals surface area contributed by atoms with Crippen LogP contribution in [0.25, 0.3) is 0 Å². The van der Waals surface area contributed by atoms with E-state index in [9.17, 15) is 4.89 Å². The Hall–Kier alpha value is 0.920. The second-order valence-corrected chi connectivity index (χ2v) is 9.50. The highest BCUT2D eigenvalue weighted by molar-refractivity contribution is 8.67. The van der Waals surface area contributed by atoms with E-state index in [4.69, 9.17) is 16.3 Å². The molecule has 0 aliphatic rings. The summed E-state index contributed by atoms with van der Waals surface area (Å²) >= 11 is 6.40. The van der Waals surface area contributed by atoms with E-state index in [-0.39, 0.29) is 0 Å². The van der Waals surface area contributed by atoms with E-state index in [1.54, 1.807) is 0 Å². The third-order valence-electron chi connectivity index (χ3n) is 1.71. The van der Waals surface area contributed by atoms with Gasteiger partial charge in [-0.2, -0.15) is 0 Å². The van der Waals surface area contributed by atoms with Gasteiger partial charge in [0.2, 0.25) is 5.69 Å². The topological polar surface area (TPSA) is 29.5 Å². The summed E-state index contributed by atoms with van der Waals surface area (Å²) in [5, 5.41) is 0. The van der Waals surface area contributed by atoms with E-state index < -0.39 is 5.69 Å². The van der Waals surface area contributed by atoms with Crippen LogP contribution in [-0.2, 0) is 16.3 Å². The van der Waals surface area contributed by atoms with Gasteiger partial charge in [0, 0.05) is 5.75 Å². The van der Waals surface area contributed by atoms with Crippen molar-refractivity contribution in [3.63, 3.8) is 0 Å². The molecule has 0 heterocycles. The van der Waals surface area contributed by atoms with Crippen LogP contribution in [0.2, 0.25) is 0 Å². The summed E-state index contributed by atoms with van der Waals surface area (Å²) in [6, 6.07) is 0. The first-order valence-electron chi connectivity index (χ1n) is 5.24. The predicted molar refractivity (Wildman–Crippen MR) is 69.3 cm³/mol. The molecule has 0 amide bonds. The molecule has 0 aliphatic heterocycles. The minimum absolute atomic E-state index is 0.616. The Labute approximate surface area is 96.7 Å². The lowest BCUT2D eigenvalue weighted by Gasteiger charge is -2.14. The van der Waals surface area contributed by atoms with Crippen LogP contribution < -0.4 is 0 Å². The maximum Gasteiger partial charge on any atom is 0.244 e. The number of unbranched alkanes of at least 4 members (excludes halogenated alkanes) is 3. The normalized spacial score (nSPS) is 15.4. The van der Waals surface area contributed by atoms with Crippen LogP contribution in [-0.4, -0.2) is 17.3 Å². The zero-order valence-electron chi connectivity index (χ0n) is 9.07. The van der Waals surface area contributed by atoms with Gasteiger partial charge in [-0.1, -0.05) is 44.5 Å². The van der Waals surface area contributed by atoms with Crippen LogP contribution in [0.1, 0.15) is 46.0 Å². The third kappa shape index (κ3) is 9.47. The van der Waals surface area contributed by atoms with Gasteiger partial charge in [-0.05, 0) is 24.6 Å². The number of hydrogen-bond acceptors (Lipinski definition) is 3. The van der Waals surface area contributed by atoms with Crippen molar-refractivity contribution in [2.45, 2.75) is 46.0 Å². The first-order valence-corrected chi connectivity index (χ1v) is 9.50. The standard InChI is InChI=1S/C9H21O2PS2/c1-3-5-6-7-8-11-12(10,13)14-9-4-2/h3-9H2,1-2H3,(H,10,13). The smallest absolute Gasteiger partial charge is 0.244 e. The molecule has 0 fully saturated rings. The van der Waals surface area contributed by atoms with Crippen LogP contribution in [0.15, 0.2) is 0 Å². The molecule has 0 radical (unpaired) electrons. The van der Waals surface area contributed by atoms with Crippen molar-refractivity contribution in [1.29, 1.82) is 0 Å². The van der Waals surface area contributed by atoms with Crippen molar-refractivity contribution < 1.29 is 9.42 Å². The van der Waals surface area contributed by atoms with Gasteiger partial charge >= 0.3 is 0 Å². The minimum atomic E-state index is -2.51. The highest BCUT2D eigenvalue weighted by Crippen LogP contribution is 2.56. The number of rotatable bonds is 9. The van der Waals surface area contributed by atoms with Gasteiger partial charge < -0.3 is 9.42 Å². The molecule has 0 spiro atoms. The van der Waals surface area contributed by atoms with Gasteiger partial charge in [0.25, 0.3) is 0 Å². The molecule has 1 atom stereocenters. The van der Waals surface area contributed by atoms with Gasteiger partial charge in [-0.25, -0.2) is 0 Å². The van der Waals surface area contributed by atoms with E-state index >= 15 is 0 Å². The Balaban J connectivity index is 3.40. The van der Waals surface area contributed by atoms with Crippen LogP contribution in [0.3, 0.4) is 0 Å². The lowest BCUT2D eigenvalue weighted by atomic mass is 10.2. The summed E-state index contributed by atoms with van der Waals surface area (Å²) in [5.41, 5.74) is -2.51. The summed E-state index contributed by atoms with van der Waals surface area (Å²) in [5.74, 6) is 0.892. The summed E-state index contributed by atoms with van der Waals surface area (Å²) in [6.07, 6.45) is 5.67. The van der Waals surface area contributed by atoms with Crippen molar-refractivity contribution in [2.24, 2.45) is 0 Å². The van der Waals surface area contributed by atoms with Crippen LogP contribution in [0, 0.1) is 0 Å². The first kappa shape index (κ1) is 14.9. The molecular weight excluding hydrogens is 235 g/mol. The molecule has 14 heavy (non-hydrogen) atoms. The van der Waals surface area contributed by atoms with Crippen LogP contribution in [0.4, 0.5) is 0 Å². The van der Waals surface area contributed by atoms with Crippen molar-refractivity contribution in [3.05, 3.63) is 0 Å². The zero-order chi connectivity index (χ0) is 10.9. The average molecular weight is 256 g/mol. The molecular formula is C9H21O2PS2. The van der Waals surface area contributed by atoms with Gasteiger partial charge in [0.15, 0.2) is 0 Å². The van der Waals surface area contributed by atoms with Crippen molar-refractivity contribution in [3.8, 4) is 0 Å². The van der Waals surface area contributed by atoms with E-state index in [0.29, 0.717) is 6.61 Å². The molecule has 5 heteroatoms. The fourth-order valence-corrected chi connectivity index (χ4v) is 4.38. The second-order valence-electron chi connectivity index (χ2n) is 3.20. The lowest BCUT2D eigenvalue weighted by Crippen LogP contribution is -1.91. The summed E-state index contributed by atoms with van der Waals surface area (Å²) in [6.45, 7) is 4.86. The predicted octanol–water partition coefficient (Wildman–Crippen LogP) is 3.94. The maximum absolute atomic E-state index is 9.67. The highest BCUT2D eigenvalue weighted by Gasteiger charge is 2.12. The molecule has 0 aromatic carbocycles. The van der Waals surface area contributed by atoms with E-state index in [2.05, 4.69) is 13.8 Å². The number of hydrogen-bond donors (Lipinski definition) is 1. The summed E-state index contributed by atoms with van der Waals surface area (Å²) in [4.78, 5) is 9.67. The largest absolute Gasteiger partial charge is 0.337 e. The molecule has 1 unspecified atom stereocenters. The van der Waals surface area contributed by atoms with Crippen molar-refractivity contribution in [1.82, 2.24) is 0 Å². The fourth-order valence-electron chi connectivity index (χ4n) is 0.953. The third-order valence-corrected chi connectivity index (χ3v) is 6.24. The average Bonchev–Trinajstić information content (AvgIpc) is 2.15. The molecule has 0 rings (SSSR count). The van der Waals surface area contributed by atoms with Gasteiger partial charge in [0.05, 0.1) is 6.61 Å². The fraction of sp³-hybridized carbons (Fsp3) is 1.00.